The number of aromatic nitrogens is 2. The molecule has 8 heteroatoms. The molecule has 1 aliphatic heterocycles. The van der Waals surface area contributed by atoms with E-state index in [1.54, 1.807) is 18.2 Å². The molecule has 0 saturated carbocycles. The fraction of sp³-hybridized carbons (Fsp3) is 0.300. The number of benzene rings is 2. The number of imidazole rings is 1. The number of nitrogens with zero attached hydrogens (tertiary/aromatic N) is 4. The number of fused-ring (bicyclic) bond motifs is 1. The summed E-state index contributed by atoms with van der Waals surface area (Å²) in [5.41, 5.74) is 2.60. The molecule has 1 aromatic heterocycles. The summed E-state index contributed by atoms with van der Waals surface area (Å²) >= 11 is 0. The first kappa shape index (κ1) is 18.0. The van der Waals surface area contributed by atoms with Crippen molar-refractivity contribution < 1.29 is 9.72 Å². The highest BCUT2D eigenvalue weighted by atomic mass is 16.6. The molecule has 0 unspecified atom stereocenters. The standard InChI is InChI=1S/C20H21N5O3/c26-20(10-9-19-21-15-5-1-2-6-16(15)22-19)24-13-11-23(12-14-24)17-7-3-4-8-18(17)25(27)28/h1-8H,9-14H2,(H,21,22). The molecule has 1 fully saturated rings. The van der Waals surface area contributed by atoms with E-state index in [-0.39, 0.29) is 16.5 Å². The summed E-state index contributed by atoms with van der Waals surface area (Å²) in [5.74, 6) is 0.899. The zero-order valence-corrected chi connectivity index (χ0v) is 15.4. The van der Waals surface area contributed by atoms with Gasteiger partial charge < -0.3 is 14.8 Å². The van der Waals surface area contributed by atoms with Crippen molar-refractivity contribution in [1.29, 1.82) is 0 Å². The lowest BCUT2D eigenvalue weighted by atomic mass is 10.2. The Morgan fingerprint density at radius 3 is 2.54 bits per heavy atom. The molecule has 2 aromatic carbocycles. The van der Waals surface area contributed by atoms with Crippen LogP contribution < -0.4 is 4.90 Å². The van der Waals surface area contributed by atoms with Crippen LogP contribution in [0.3, 0.4) is 0 Å². The Bertz CT molecular complexity index is 975. The topological polar surface area (TPSA) is 95.4 Å². The van der Waals surface area contributed by atoms with Crippen molar-refractivity contribution >= 4 is 28.3 Å². The number of anilines is 1. The number of amides is 1. The first-order valence-corrected chi connectivity index (χ1v) is 9.31. The number of hydrogen-bond acceptors (Lipinski definition) is 5. The number of hydrogen-bond donors (Lipinski definition) is 1. The summed E-state index contributed by atoms with van der Waals surface area (Å²) in [7, 11) is 0. The highest BCUT2D eigenvalue weighted by molar-refractivity contribution is 5.78. The Balaban J connectivity index is 1.33. The highest BCUT2D eigenvalue weighted by Gasteiger charge is 2.25. The van der Waals surface area contributed by atoms with Crippen LogP contribution in [0.15, 0.2) is 48.5 Å². The van der Waals surface area contributed by atoms with Gasteiger partial charge in [0.2, 0.25) is 5.91 Å². The number of carbonyl (C=O) groups excluding carboxylic acids is 1. The monoisotopic (exact) mass is 379 g/mol. The second-order valence-electron chi connectivity index (χ2n) is 6.81. The van der Waals surface area contributed by atoms with E-state index in [2.05, 4.69) is 9.97 Å². The first-order chi connectivity index (χ1) is 13.6. The van der Waals surface area contributed by atoms with Crippen LogP contribution in [-0.4, -0.2) is 51.9 Å². The summed E-state index contributed by atoms with van der Waals surface area (Å²) in [6.45, 7) is 2.29. The second-order valence-corrected chi connectivity index (χ2v) is 6.81. The van der Waals surface area contributed by atoms with Gasteiger partial charge in [0.1, 0.15) is 11.5 Å². The minimum Gasteiger partial charge on any atom is -0.362 e. The Labute approximate surface area is 161 Å². The van der Waals surface area contributed by atoms with E-state index < -0.39 is 0 Å². The zero-order chi connectivity index (χ0) is 19.5. The predicted molar refractivity (Wildman–Crippen MR) is 106 cm³/mol. The van der Waals surface area contributed by atoms with Gasteiger partial charge in [-0.25, -0.2) is 4.98 Å². The maximum atomic E-state index is 12.6. The molecule has 1 amide bonds. The van der Waals surface area contributed by atoms with Gasteiger partial charge in [-0.15, -0.1) is 0 Å². The van der Waals surface area contributed by atoms with Gasteiger partial charge in [-0.05, 0) is 18.2 Å². The second kappa shape index (κ2) is 7.67. The molecule has 0 bridgehead atoms. The normalized spacial score (nSPS) is 14.4. The van der Waals surface area contributed by atoms with E-state index in [1.807, 2.05) is 34.1 Å². The summed E-state index contributed by atoms with van der Waals surface area (Å²) < 4.78 is 0. The van der Waals surface area contributed by atoms with Crippen molar-refractivity contribution in [2.45, 2.75) is 12.8 Å². The van der Waals surface area contributed by atoms with Crippen LogP contribution >= 0.6 is 0 Å². The SMILES string of the molecule is O=C(CCc1nc2ccccc2[nH]1)N1CCN(c2ccccc2[N+](=O)[O-])CC1. The van der Waals surface area contributed by atoms with Crippen LogP contribution in [0, 0.1) is 10.1 Å². The number of para-hydroxylation sites is 4. The molecule has 1 saturated heterocycles. The minimum atomic E-state index is -0.361. The maximum absolute atomic E-state index is 12.6. The van der Waals surface area contributed by atoms with Crippen LogP contribution in [-0.2, 0) is 11.2 Å². The van der Waals surface area contributed by atoms with Crippen LogP contribution in [0.1, 0.15) is 12.2 Å². The third kappa shape index (κ3) is 3.66. The van der Waals surface area contributed by atoms with E-state index in [1.165, 1.54) is 6.07 Å². The van der Waals surface area contributed by atoms with Gasteiger partial charge in [0, 0.05) is 45.1 Å². The van der Waals surface area contributed by atoms with E-state index in [0.29, 0.717) is 44.7 Å². The van der Waals surface area contributed by atoms with Gasteiger partial charge >= 0.3 is 0 Å². The smallest absolute Gasteiger partial charge is 0.292 e. The quantitative estimate of drug-likeness (QED) is 0.543. The lowest BCUT2D eigenvalue weighted by molar-refractivity contribution is -0.384. The van der Waals surface area contributed by atoms with Gasteiger partial charge in [-0.1, -0.05) is 24.3 Å². The number of nitro benzene ring substituents is 1. The van der Waals surface area contributed by atoms with Crippen LogP contribution in [0.25, 0.3) is 11.0 Å². The van der Waals surface area contributed by atoms with Crippen LogP contribution in [0.5, 0.6) is 0 Å². The summed E-state index contributed by atoms with van der Waals surface area (Å²) in [6, 6.07) is 14.5. The predicted octanol–water partition coefficient (Wildman–Crippen LogP) is 2.75. The number of rotatable bonds is 5. The van der Waals surface area contributed by atoms with Crippen molar-refractivity contribution in [2.75, 3.05) is 31.1 Å². The largest absolute Gasteiger partial charge is 0.362 e. The Morgan fingerprint density at radius 1 is 1.07 bits per heavy atom. The summed E-state index contributed by atoms with van der Waals surface area (Å²) in [4.78, 5) is 35.0. The number of H-pyrrole nitrogens is 1. The lowest BCUT2D eigenvalue weighted by Gasteiger charge is -2.35. The van der Waals surface area contributed by atoms with Crippen LogP contribution in [0.2, 0.25) is 0 Å². The van der Waals surface area contributed by atoms with Crippen molar-refractivity contribution in [3.63, 3.8) is 0 Å². The van der Waals surface area contributed by atoms with Gasteiger partial charge in [-0.3, -0.25) is 14.9 Å². The van der Waals surface area contributed by atoms with Crippen molar-refractivity contribution in [3.8, 4) is 0 Å². The number of carbonyl (C=O) groups is 1. The molecule has 2 heterocycles. The van der Waals surface area contributed by atoms with Crippen LogP contribution in [0.4, 0.5) is 11.4 Å². The summed E-state index contributed by atoms with van der Waals surface area (Å²) in [6.07, 6.45) is 0.961. The Morgan fingerprint density at radius 2 is 1.79 bits per heavy atom. The average molecular weight is 379 g/mol. The third-order valence-corrected chi connectivity index (χ3v) is 5.07. The van der Waals surface area contributed by atoms with Crippen molar-refractivity contribution in [2.24, 2.45) is 0 Å². The van der Waals surface area contributed by atoms with Gasteiger partial charge in [0.15, 0.2) is 0 Å². The molecule has 4 rings (SSSR count). The first-order valence-electron chi connectivity index (χ1n) is 9.31. The number of piperazine rings is 1. The Kier molecular flexibility index (Phi) is 4.92. The van der Waals surface area contributed by atoms with Crippen molar-refractivity contribution in [3.05, 3.63) is 64.5 Å². The fourth-order valence-corrected chi connectivity index (χ4v) is 3.59. The molecular weight excluding hydrogens is 358 g/mol. The van der Waals surface area contributed by atoms with Gasteiger partial charge in [0.05, 0.1) is 16.0 Å². The van der Waals surface area contributed by atoms with Gasteiger partial charge in [0.25, 0.3) is 5.69 Å². The molecule has 0 radical (unpaired) electrons. The highest BCUT2D eigenvalue weighted by Crippen LogP contribution is 2.28. The van der Waals surface area contributed by atoms with E-state index in [4.69, 9.17) is 0 Å². The van der Waals surface area contributed by atoms with Gasteiger partial charge in [-0.2, -0.15) is 0 Å². The summed E-state index contributed by atoms with van der Waals surface area (Å²) in [5, 5.41) is 11.2. The minimum absolute atomic E-state index is 0.0858. The fourth-order valence-electron chi connectivity index (χ4n) is 3.59. The molecule has 28 heavy (non-hydrogen) atoms. The number of aromatic amines is 1. The zero-order valence-electron chi connectivity index (χ0n) is 15.4. The maximum Gasteiger partial charge on any atom is 0.292 e. The molecule has 0 atom stereocenters. The molecule has 1 N–H and O–H groups in total. The van der Waals surface area contributed by atoms with Crippen molar-refractivity contribution in [1.82, 2.24) is 14.9 Å². The molecule has 1 aliphatic rings. The average Bonchev–Trinajstić information content (AvgIpc) is 3.15. The molecular formula is C20H21N5O3. The molecule has 8 nitrogen and oxygen atoms in total. The third-order valence-electron chi connectivity index (χ3n) is 5.07. The Hall–Kier alpha value is -3.42. The van der Waals surface area contributed by atoms with E-state index in [0.717, 1.165) is 16.9 Å². The lowest BCUT2D eigenvalue weighted by Crippen LogP contribution is -2.49. The number of nitrogens with one attached hydrogen (secondary N) is 1. The van der Waals surface area contributed by atoms with E-state index >= 15 is 0 Å². The molecule has 144 valence electrons. The number of aryl methyl sites for hydroxylation is 1. The molecule has 0 spiro atoms. The molecule has 0 aliphatic carbocycles. The van der Waals surface area contributed by atoms with E-state index in [9.17, 15) is 14.9 Å². The molecule has 3 aromatic rings. The number of nitro groups is 1.